The standard InChI is InChI=1S/C22H33N5O4S/c1-32-11-9-18(26-20(28)16(24)7-4-5-10-23)21(29)27-19(22(30)31)12-14-13-25-17-8-3-2-6-15(14)17/h2-3,6,8,13,16,18-19,25H,4-5,7,9-12,23-24H2,1H3,(H,26,28)(H,27,29)(H,30,31). The SMILES string of the molecule is CSCCC(NC(=O)C(N)CCCCN)C(=O)NC(Cc1c[nH]c2ccccc12)C(=O)O. The molecule has 10 heteroatoms. The zero-order valence-corrected chi connectivity index (χ0v) is 19.1. The minimum atomic E-state index is -1.14. The van der Waals surface area contributed by atoms with E-state index in [9.17, 15) is 19.5 Å². The van der Waals surface area contributed by atoms with Gasteiger partial charge in [-0.05, 0) is 49.4 Å². The van der Waals surface area contributed by atoms with Gasteiger partial charge in [0.15, 0.2) is 0 Å². The summed E-state index contributed by atoms with van der Waals surface area (Å²) >= 11 is 1.53. The number of carbonyl (C=O) groups excluding carboxylic acids is 2. The van der Waals surface area contributed by atoms with Crippen molar-refractivity contribution < 1.29 is 19.5 Å². The van der Waals surface area contributed by atoms with Gasteiger partial charge in [0.25, 0.3) is 0 Å². The number of aromatic amines is 1. The van der Waals surface area contributed by atoms with Crippen LogP contribution in [0, 0.1) is 0 Å². The van der Waals surface area contributed by atoms with Gasteiger partial charge in [-0.3, -0.25) is 9.59 Å². The largest absolute Gasteiger partial charge is 0.480 e. The number of carbonyl (C=O) groups is 3. The predicted octanol–water partition coefficient (Wildman–Crippen LogP) is 0.974. The Labute approximate surface area is 192 Å². The lowest BCUT2D eigenvalue weighted by molar-refractivity contribution is -0.142. The highest BCUT2D eigenvalue weighted by Gasteiger charge is 2.28. The van der Waals surface area contributed by atoms with Crippen LogP contribution in [0.2, 0.25) is 0 Å². The molecule has 0 fully saturated rings. The Bertz CT molecular complexity index is 903. The second-order valence-electron chi connectivity index (χ2n) is 7.70. The third kappa shape index (κ3) is 7.54. The molecule has 1 heterocycles. The smallest absolute Gasteiger partial charge is 0.326 e. The zero-order chi connectivity index (χ0) is 23.5. The molecule has 8 N–H and O–H groups in total. The van der Waals surface area contributed by atoms with Crippen molar-refractivity contribution in [1.29, 1.82) is 0 Å². The summed E-state index contributed by atoms with van der Waals surface area (Å²) in [5.41, 5.74) is 13.1. The van der Waals surface area contributed by atoms with Crippen molar-refractivity contribution in [2.75, 3.05) is 18.6 Å². The first-order chi connectivity index (χ1) is 15.4. The van der Waals surface area contributed by atoms with Gasteiger partial charge in [-0.15, -0.1) is 0 Å². The van der Waals surface area contributed by atoms with Gasteiger partial charge in [0, 0.05) is 23.5 Å². The molecule has 2 amide bonds. The fraction of sp³-hybridized carbons (Fsp3) is 0.500. The number of carboxylic acids is 1. The molecule has 32 heavy (non-hydrogen) atoms. The molecule has 0 saturated carbocycles. The molecule has 0 saturated heterocycles. The number of thioether (sulfide) groups is 1. The lowest BCUT2D eigenvalue weighted by atomic mass is 10.0. The van der Waals surface area contributed by atoms with Gasteiger partial charge in [-0.1, -0.05) is 24.6 Å². The lowest BCUT2D eigenvalue weighted by Crippen LogP contribution is -2.55. The van der Waals surface area contributed by atoms with Crippen LogP contribution >= 0.6 is 11.8 Å². The van der Waals surface area contributed by atoms with Crippen LogP contribution in [0.1, 0.15) is 31.2 Å². The van der Waals surface area contributed by atoms with E-state index in [2.05, 4.69) is 15.6 Å². The van der Waals surface area contributed by atoms with Gasteiger partial charge < -0.3 is 32.2 Å². The molecular weight excluding hydrogens is 430 g/mol. The number of amides is 2. The number of aromatic nitrogens is 1. The van der Waals surface area contributed by atoms with Crippen LogP contribution in [0.3, 0.4) is 0 Å². The number of H-pyrrole nitrogens is 1. The van der Waals surface area contributed by atoms with Crippen LogP contribution in [0.5, 0.6) is 0 Å². The number of rotatable bonds is 14. The van der Waals surface area contributed by atoms with Crippen molar-refractivity contribution in [3.05, 3.63) is 36.0 Å². The maximum absolute atomic E-state index is 12.9. The number of nitrogens with two attached hydrogens (primary N) is 2. The van der Waals surface area contributed by atoms with Crippen LogP contribution in [-0.4, -0.2) is 64.6 Å². The number of carboxylic acid groups (broad SMARTS) is 1. The fourth-order valence-corrected chi connectivity index (χ4v) is 3.89. The quantitative estimate of drug-likeness (QED) is 0.227. The predicted molar refractivity (Wildman–Crippen MR) is 127 cm³/mol. The van der Waals surface area contributed by atoms with Crippen LogP contribution in [0.25, 0.3) is 10.9 Å². The van der Waals surface area contributed by atoms with Crippen molar-refractivity contribution in [1.82, 2.24) is 15.6 Å². The summed E-state index contributed by atoms with van der Waals surface area (Å²) in [5.74, 6) is -1.47. The number of aliphatic carboxylic acids is 1. The van der Waals surface area contributed by atoms with E-state index in [0.717, 1.165) is 29.3 Å². The molecule has 1 aromatic carbocycles. The van der Waals surface area contributed by atoms with Gasteiger partial charge in [0.1, 0.15) is 12.1 Å². The number of fused-ring (bicyclic) bond motifs is 1. The first-order valence-corrected chi connectivity index (χ1v) is 12.1. The molecule has 0 spiro atoms. The van der Waals surface area contributed by atoms with Crippen molar-refractivity contribution in [2.45, 2.75) is 50.2 Å². The van der Waals surface area contributed by atoms with Crippen molar-refractivity contribution >= 4 is 40.4 Å². The number of para-hydroxylation sites is 1. The summed E-state index contributed by atoms with van der Waals surface area (Å²) in [6.07, 6.45) is 6.09. The van der Waals surface area contributed by atoms with E-state index >= 15 is 0 Å². The monoisotopic (exact) mass is 463 g/mol. The Morgan fingerprint density at radius 1 is 1.09 bits per heavy atom. The highest BCUT2D eigenvalue weighted by Crippen LogP contribution is 2.19. The maximum Gasteiger partial charge on any atom is 0.326 e. The molecule has 0 aliphatic heterocycles. The number of unbranched alkanes of at least 4 members (excludes halogenated alkanes) is 1. The van der Waals surface area contributed by atoms with Crippen LogP contribution in [0.15, 0.2) is 30.5 Å². The maximum atomic E-state index is 12.9. The number of hydrogen-bond donors (Lipinski definition) is 6. The lowest BCUT2D eigenvalue weighted by Gasteiger charge is -2.23. The Hall–Kier alpha value is -2.56. The van der Waals surface area contributed by atoms with Crippen molar-refractivity contribution in [2.24, 2.45) is 11.5 Å². The summed E-state index contributed by atoms with van der Waals surface area (Å²) in [4.78, 5) is 40.3. The fourth-order valence-electron chi connectivity index (χ4n) is 3.42. The van der Waals surface area contributed by atoms with E-state index in [1.165, 1.54) is 11.8 Å². The average molecular weight is 464 g/mol. The molecule has 0 aliphatic rings. The number of hydrogen-bond acceptors (Lipinski definition) is 6. The third-order valence-corrected chi connectivity index (χ3v) is 5.91. The number of benzene rings is 1. The minimum absolute atomic E-state index is 0.118. The van der Waals surface area contributed by atoms with Crippen LogP contribution in [0.4, 0.5) is 0 Å². The highest BCUT2D eigenvalue weighted by molar-refractivity contribution is 7.98. The second-order valence-corrected chi connectivity index (χ2v) is 8.68. The Morgan fingerprint density at radius 3 is 2.50 bits per heavy atom. The highest BCUT2D eigenvalue weighted by atomic mass is 32.2. The van der Waals surface area contributed by atoms with Gasteiger partial charge in [-0.25, -0.2) is 4.79 Å². The molecular formula is C22H33N5O4S. The first kappa shape index (κ1) is 25.7. The van der Waals surface area contributed by atoms with Gasteiger partial charge in [0.05, 0.1) is 6.04 Å². The third-order valence-electron chi connectivity index (χ3n) is 5.26. The topological polar surface area (TPSA) is 163 Å². The van der Waals surface area contributed by atoms with E-state index in [1.54, 1.807) is 6.20 Å². The first-order valence-electron chi connectivity index (χ1n) is 10.7. The van der Waals surface area contributed by atoms with E-state index in [-0.39, 0.29) is 6.42 Å². The summed E-state index contributed by atoms with van der Waals surface area (Å²) < 4.78 is 0. The molecule has 2 aromatic rings. The van der Waals surface area contributed by atoms with Crippen LogP contribution in [-0.2, 0) is 20.8 Å². The van der Waals surface area contributed by atoms with Gasteiger partial charge in [0.2, 0.25) is 11.8 Å². The van der Waals surface area contributed by atoms with Crippen molar-refractivity contribution in [3.8, 4) is 0 Å². The summed E-state index contributed by atoms with van der Waals surface area (Å²) in [5, 5.41) is 15.9. The Morgan fingerprint density at radius 2 is 1.81 bits per heavy atom. The van der Waals surface area contributed by atoms with Crippen molar-refractivity contribution in [3.63, 3.8) is 0 Å². The molecule has 3 unspecified atom stereocenters. The second kappa shape index (κ2) is 13.1. The summed E-state index contributed by atoms with van der Waals surface area (Å²) in [6, 6.07) is 4.83. The molecule has 176 valence electrons. The molecule has 1 aromatic heterocycles. The van der Waals surface area contributed by atoms with E-state index in [0.29, 0.717) is 25.1 Å². The summed E-state index contributed by atoms with van der Waals surface area (Å²) in [7, 11) is 0. The molecule has 9 nitrogen and oxygen atoms in total. The molecule has 0 radical (unpaired) electrons. The van der Waals surface area contributed by atoms with Crippen LogP contribution < -0.4 is 22.1 Å². The normalized spacial score (nSPS) is 14.0. The van der Waals surface area contributed by atoms with Gasteiger partial charge >= 0.3 is 5.97 Å². The minimum Gasteiger partial charge on any atom is -0.480 e. The molecule has 0 aliphatic carbocycles. The van der Waals surface area contributed by atoms with E-state index < -0.39 is 35.9 Å². The average Bonchev–Trinajstić information content (AvgIpc) is 3.18. The molecule has 2 rings (SSSR count). The Kier molecular flexibility index (Phi) is 10.5. The zero-order valence-electron chi connectivity index (χ0n) is 18.3. The Balaban J connectivity index is 2.06. The summed E-state index contributed by atoms with van der Waals surface area (Å²) in [6.45, 7) is 0.528. The van der Waals surface area contributed by atoms with E-state index in [1.807, 2.05) is 30.5 Å². The number of nitrogens with one attached hydrogen (secondary N) is 3. The van der Waals surface area contributed by atoms with Gasteiger partial charge in [-0.2, -0.15) is 11.8 Å². The molecule has 3 atom stereocenters. The van der Waals surface area contributed by atoms with E-state index in [4.69, 9.17) is 11.5 Å². The molecule has 0 bridgehead atoms.